The lowest BCUT2D eigenvalue weighted by atomic mass is 10.1. The minimum atomic E-state index is -0.463. The van der Waals surface area contributed by atoms with Crippen LogP contribution in [0.25, 0.3) is 0 Å². The van der Waals surface area contributed by atoms with Crippen LogP contribution in [-0.4, -0.2) is 42.8 Å². The minimum absolute atomic E-state index is 0.284. The van der Waals surface area contributed by atoms with Crippen molar-refractivity contribution in [2.45, 2.75) is 59.0 Å². The van der Waals surface area contributed by atoms with Crippen LogP contribution >= 0.6 is 0 Å². The highest BCUT2D eigenvalue weighted by Gasteiger charge is 2.18. The zero-order valence-electron chi connectivity index (χ0n) is 17.1. The van der Waals surface area contributed by atoms with Gasteiger partial charge in [-0.25, -0.2) is 9.59 Å². The Morgan fingerprint density at radius 1 is 1.07 bits per heavy atom. The van der Waals surface area contributed by atoms with Crippen LogP contribution in [0, 0.1) is 11.8 Å². The number of ether oxygens (including phenoxy) is 2. The number of unbranched alkanes of at least 4 members (excludes halogenated alkanes) is 3. The predicted molar refractivity (Wildman–Crippen MR) is 107 cm³/mol. The van der Waals surface area contributed by atoms with Gasteiger partial charge in [0.05, 0.1) is 12.2 Å². The summed E-state index contributed by atoms with van der Waals surface area (Å²) >= 11 is 0. The highest BCUT2D eigenvalue weighted by atomic mass is 16.6. The van der Waals surface area contributed by atoms with Gasteiger partial charge in [0.1, 0.15) is 5.60 Å². The fourth-order valence-corrected chi connectivity index (χ4v) is 2.24. The molecule has 5 nitrogen and oxygen atoms in total. The molecule has 1 aromatic rings. The normalized spacial score (nSPS) is 10.6. The lowest BCUT2D eigenvalue weighted by Crippen LogP contribution is -2.34. The topological polar surface area (TPSA) is 55.8 Å². The highest BCUT2D eigenvalue weighted by molar-refractivity contribution is 5.89. The van der Waals surface area contributed by atoms with Crippen LogP contribution in [0.3, 0.4) is 0 Å². The summed E-state index contributed by atoms with van der Waals surface area (Å²) < 4.78 is 10.3. The molecule has 0 atom stereocenters. The Hall–Kier alpha value is -2.48. The molecule has 0 aliphatic heterocycles. The van der Waals surface area contributed by atoms with Crippen LogP contribution in [0.4, 0.5) is 4.79 Å². The van der Waals surface area contributed by atoms with E-state index in [9.17, 15) is 9.59 Å². The molecule has 0 saturated heterocycles. The van der Waals surface area contributed by atoms with E-state index in [1.54, 1.807) is 31.0 Å². The van der Waals surface area contributed by atoms with Gasteiger partial charge in [0, 0.05) is 25.6 Å². The van der Waals surface area contributed by atoms with E-state index in [1.807, 2.05) is 32.9 Å². The van der Waals surface area contributed by atoms with E-state index in [0.717, 1.165) is 31.2 Å². The summed E-state index contributed by atoms with van der Waals surface area (Å²) in [5, 5.41) is 0. The molecule has 148 valence electrons. The molecule has 1 aromatic carbocycles. The Morgan fingerprint density at radius 3 is 2.33 bits per heavy atom. The molecule has 1 amide bonds. The van der Waals surface area contributed by atoms with Crippen LogP contribution in [-0.2, 0) is 9.47 Å². The third kappa shape index (κ3) is 9.69. The first-order valence-corrected chi connectivity index (χ1v) is 9.43. The van der Waals surface area contributed by atoms with E-state index < -0.39 is 5.60 Å². The van der Waals surface area contributed by atoms with Crippen LogP contribution in [0.2, 0.25) is 0 Å². The molecule has 0 aliphatic carbocycles. The average Bonchev–Trinajstić information content (AvgIpc) is 2.60. The lowest BCUT2D eigenvalue weighted by molar-refractivity contribution is 0.0296. The third-order valence-electron chi connectivity index (χ3n) is 3.63. The lowest BCUT2D eigenvalue weighted by Gasteiger charge is -2.24. The molecule has 0 fully saturated rings. The van der Waals surface area contributed by atoms with Crippen LogP contribution in [0.15, 0.2) is 24.3 Å². The molecule has 0 saturated carbocycles. The molecule has 1 rings (SSSR count). The van der Waals surface area contributed by atoms with Gasteiger partial charge in [0.2, 0.25) is 0 Å². The average molecular weight is 373 g/mol. The van der Waals surface area contributed by atoms with Gasteiger partial charge in [-0.1, -0.05) is 18.3 Å². The SMILES string of the molecule is CCOC(=O)c1ccc(C#CCCCCCN(C)C(=O)OC(C)(C)C)cc1. The summed E-state index contributed by atoms with van der Waals surface area (Å²) in [4.78, 5) is 25.0. The number of carbonyl (C=O) groups excluding carboxylic acids is 2. The number of hydrogen-bond donors (Lipinski definition) is 0. The number of benzene rings is 1. The molecule has 5 heteroatoms. The van der Waals surface area contributed by atoms with Gasteiger partial charge in [-0.15, -0.1) is 0 Å². The maximum Gasteiger partial charge on any atom is 0.410 e. The summed E-state index contributed by atoms with van der Waals surface area (Å²) in [6, 6.07) is 7.12. The highest BCUT2D eigenvalue weighted by Crippen LogP contribution is 2.10. The molecular formula is C22H31NO4. The molecule has 0 unspecified atom stereocenters. The summed E-state index contributed by atoms with van der Waals surface area (Å²) in [6.45, 7) is 8.42. The molecule has 0 heterocycles. The van der Waals surface area contributed by atoms with Crippen molar-refractivity contribution in [3.63, 3.8) is 0 Å². The number of esters is 1. The third-order valence-corrected chi connectivity index (χ3v) is 3.63. The van der Waals surface area contributed by atoms with Crippen molar-refractivity contribution in [3.05, 3.63) is 35.4 Å². The van der Waals surface area contributed by atoms with Crippen molar-refractivity contribution in [3.8, 4) is 11.8 Å². The molecular weight excluding hydrogens is 342 g/mol. The van der Waals surface area contributed by atoms with Gasteiger partial charge >= 0.3 is 12.1 Å². The van der Waals surface area contributed by atoms with E-state index in [0.29, 0.717) is 18.7 Å². The van der Waals surface area contributed by atoms with Crippen molar-refractivity contribution in [2.24, 2.45) is 0 Å². The Kier molecular flexibility index (Phi) is 9.42. The molecule has 0 radical (unpaired) electrons. The molecule has 0 bridgehead atoms. The van der Waals surface area contributed by atoms with Crippen LogP contribution in [0.1, 0.15) is 69.3 Å². The summed E-state index contributed by atoms with van der Waals surface area (Å²) in [6.07, 6.45) is 3.43. The maximum atomic E-state index is 11.8. The first-order valence-electron chi connectivity index (χ1n) is 9.43. The van der Waals surface area contributed by atoms with Gasteiger partial charge < -0.3 is 14.4 Å². The monoisotopic (exact) mass is 373 g/mol. The van der Waals surface area contributed by atoms with Crippen molar-refractivity contribution < 1.29 is 19.1 Å². The fraction of sp³-hybridized carbons (Fsp3) is 0.545. The summed E-state index contributed by atoms with van der Waals surface area (Å²) in [5.41, 5.74) is 0.958. The minimum Gasteiger partial charge on any atom is -0.462 e. The van der Waals surface area contributed by atoms with Crippen LogP contribution < -0.4 is 0 Å². The second-order valence-corrected chi connectivity index (χ2v) is 7.31. The van der Waals surface area contributed by atoms with Crippen molar-refractivity contribution >= 4 is 12.1 Å². The quantitative estimate of drug-likeness (QED) is 0.397. The van der Waals surface area contributed by atoms with E-state index in [4.69, 9.17) is 9.47 Å². The second kappa shape index (κ2) is 11.3. The van der Waals surface area contributed by atoms with Crippen molar-refractivity contribution in [1.82, 2.24) is 4.90 Å². The Bertz CT molecular complexity index is 662. The van der Waals surface area contributed by atoms with Crippen molar-refractivity contribution in [1.29, 1.82) is 0 Å². The fourth-order valence-electron chi connectivity index (χ4n) is 2.24. The molecule has 0 aromatic heterocycles. The van der Waals surface area contributed by atoms with Gasteiger partial charge in [0.15, 0.2) is 0 Å². The zero-order valence-corrected chi connectivity index (χ0v) is 17.1. The van der Waals surface area contributed by atoms with Crippen LogP contribution in [0.5, 0.6) is 0 Å². The largest absolute Gasteiger partial charge is 0.462 e. The Labute approximate surface area is 163 Å². The molecule has 0 aliphatic rings. The van der Waals surface area contributed by atoms with E-state index in [1.165, 1.54) is 0 Å². The number of amides is 1. The summed E-state index contributed by atoms with van der Waals surface area (Å²) in [5.74, 6) is 5.93. The van der Waals surface area contributed by atoms with E-state index >= 15 is 0 Å². The predicted octanol–water partition coefficient (Wildman–Crippen LogP) is 4.64. The molecule has 27 heavy (non-hydrogen) atoms. The van der Waals surface area contributed by atoms with Gasteiger partial charge in [-0.05, 0) is 64.8 Å². The van der Waals surface area contributed by atoms with Gasteiger partial charge in [-0.3, -0.25) is 0 Å². The maximum absolute atomic E-state index is 11.8. The Balaban J connectivity index is 2.25. The smallest absolute Gasteiger partial charge is 0.410 e. The standard InChI is InChI=1S/C22H31NO4/c1-6-26-20(24)19-15-13-18(14-16-19)12-10-8-7-9-11-17-23(5)21(25)27-22(2,3)4/h13-16H,6-9,11,17H2,1-5H3. The molecule has 0 spiro atoms. The van der Waals surface area contributed by atoms with Gasteiger partial charge in [0.25, 0.3) is 0 Å². The van der Waals surface area contributed by atoms with E-state index in [2.05, 4.69) is 11.8 Å². The number of hydrogen-bond acceptors (Lipinski definition) is 4. The number of carbonyl (C=O) groups is 2. The number of rotatable bonds is 7. The zero-order chi connectivity index (χ0) is 20.3. The van der Waals surface area contributed by atoms with Gasteiger partial charge in [-0.2, -0.15) is 0 Å². The first-order chi connectivity index (χ1) is 12.7. The van der Waals surface area contributed by atoms with Crippen molar-refractivity contribution in [2.75, 3.05) is 20.2 Å². The van der Waals surface area contributed by atoms with E-state index in [-0.39, 0.29) is 12.1 Å². The molecule has 0 N–H and O–H groups in total. The number of nitrogens with zero attached hydrogens (tertiary/aromatic N) is 1. The second-order valence-electron chi connectivity index (χ2n) is 7.31. The Morgan fingerprint density at radius 2 is 1.74 bits per heavy atom. The summed E-state index contributed by atoms with van der Waals surface area (Å²) in [7, 11) is 1.76. The first kappa shape index (κ1) is 22.6.